The molecule has 0 bridgehead atoms. The summed E-state index contributed by atoms with van der Waals surface area (Å²) in [5.41, 5.74) is -5.72. The fourth-order valence-corrected chi connectivity index (χ4v) is 3.64. The minimum Gasteiger partial charge on any atom is -0.463 e. The van der Waals surface area contributed by atoms with E-state index in [9.17, 15) is 22.8 Å². The molecule has 3 atom stereocenters. The third-order valence-electron chi connectivity index (χ3n) is 4.50. The summed E-state index contributed by atoms with van der Waals surface area (Å²) in [6.45, 7) is 4.06. The maximum Gasteiger partial charge on any atom is 0.411 e. The Morgan fingerprint density at radius 1 is 1.38 bits per heavy atom. The lowest BCUT2D eigenvalue weighted by Crippen LogP contribution is -2.82. The quantitative estimate of drug-likeness (QED) is 0.641. The molecule has 2 aliphatic heterocycles. The van der Waals surface area contributed by atoms with E-state index in [1.807, 2.05) is 0 Å². The number of ether oxygens (including phenoxy) is 2. The molecule has 118 valence electrons. The van der Waals surface area contributed by atoms with E-state index < -0.39 is 53.7 Å². The van der Waals surface area contributed by atoms with Crippen LogP contribution in [-0.4, -0.2) is 52.8 Å². The molecule has 5 nitrogen and oxygen atoms in total. The van der Waals surface area contributed by atoms with Crippen molar-refractivity contribution in [2.24, 2.45) is 5.92 Å². The van der Waals surface area contributed by atoms with Crippen LogP contribution in [-0.2, 0) is 14.3 Å². The van der Waals surface area contributed by atoms with Crippen molar-refractivity contribution in [3.8, 4) is 0 Å². The summed E-state index contributed by atoms with van der Waals surface area (Å²) in [5, 5.41) is 0. The van der Waals surface area contributed by atoms with Gasteiger partial charge in [0.2, 0.25) is 5.67 Å². The first-order valence-electron chi connectivity index (χ1n) is 6.71. The van der Waals surface area contributed by atoms with Gasteiger partial charge in [-0.3, -0.25) is 9.69 Å². The number of esters is 1. The second-order valence-electron chi connectivity index (χ2n) is 6.77. The second kappa shape index (κ2) is 3.64. The van der Waals surface area contributed by atoms with Gasteiger partial charge in [-0.15, -0.1) is 0 Å². The van der Waals surface area contributed by atoms with Crippen LogP contribution in [0.1, 0.15) is 27.2 Å². The van der Waals surface area contributed by atoms with E-state index >= 15 is 0 Å². The molecule has 2 saturated heterocycles. The van der Waals surface area contributed by atoms with E-state index in [-0.39, 0.29) is 6.54 Å². The van der Waals surface area contributed by atoms with Crippen LogP contribution >= 0.6 is 0 Å². The van der Waals surface area contributed by atoms with Gasteiger partial charge in [-0.1, -0.05) is 0 Å². The minimum atomic E-state index is -3.82. The Bertz CT molecular complexity index is 532. The number of rotatable bonds is 0. The molecule has 0 aromatic heterocycles. The molecule has 0 aromatic carbocycles. The van der Waals surface area contributed by atoms with E-state index in [2.05, 4.69) is 4.74 Å². The molecular weight excluding hydrogens is 291 g/mol. The number of alkyl halides is 3. The zero-order valence-electron chi connectivity index (χ0n) is 11.9. The van der Waals surface area contributed by atoms with Crippen LogP contribution < -0.4 is 0 Å². The van der Waals surface area contributed by atoms with Crippen LogP contribution in [0.4, 0.5) is 18.0 Å². The summed E-state index contributed by atoms with van der Waals surface area (Å²) in [5.74, 6) is -6.94. The molecule has 3 rings (SSSR count). The van der Waals surface area contributed by atoms with Crippen molar-refractivity contribution in [1.82, 2.24) is 4.90 Å². The molecular formula is C13H16F3NO4. The molecule has 3 fully saturated rings. The predicted octanol–water partition coefficient (Wildman–Crippen LogP) is 1.90. The molecule has 8 heteroatoms. The monoisotopic (exact) mass is 307 g/mol. The van der Waals surface area contributed by atoms with E-state index in [1.165, 1.54) is 0 Å². The maximum absolute atomic E-state index is 14.8. The highest BCUT2D eigenvalue weighted by Gasteiger charge is 2.94. The first-order valence-corrected chi connectivity index (χ1v) is 6.71. The first kappa shape index (κ1) is 14.5. The van der Waals surface area contributed by atoms with E-state index in [4.69, 9.17) is 4.74 Å². The third-order valence-corrected chi connectivity index (χ3v) is 4.50. The smallest absolute Gasteiger partial charge is 0.411 e. The highest BCUT2D eigenvalue weighted by Crippen LogP contribution is 2.70. The third kappa shape index (κ3) is 1.43. The van der Waals surface area contributed by atoms with Gasteiger partial charge in [0.05, 0.1) is 0 Å². The summed E-state index contributed by atoms with van der Waals surface area (Å²) < 4.78 is 52.6. The number of hydrogen-bond donors (Lipinski definition) is 0. The van der Waals surface area contributed by atoms with Gasteiger partial charge in [0.25, 0.3) is 5.92 Å². The van der Waals surface area contributed by atoms with E-state index in [0.717, 1.165) is 4.90 Å². The van der Waals surface area contributed by atoms with Crippen molar-refractivity contribution in [3.05, 3.63) is 0 Å². The standard InChI is InChI=1S/C13H16F3NO4/c1-10(2,3)21-9(19)17-5-4-12(14)11(17)6-20-8(18)7(11)13(12,15)16/h7H,4-6H2,1-3H3/t7-,11-,12+/m1/s1. The SMILES string of the molecule is CC(C)(C)OC(=O)N1CC[C@@]2(F)C(F)(F)[C@@H]3C(=O)OC[C@]312. The Morgan fingerprint density at radius 3 is 2.57 bits per heavy atom. The van der Waals surface area contributed by atoms with Gasteiger partial charge < -0.3 is 9.47 Å². The average Bonchev–Trinajstić information content (AvgIpc) is 2.77. The molecule has 0 radical (unpaired) electrons. The number of carbonyl (C=O) groups is 2. The highest BCUT2D eigenvalue weighted by molar-refractivity contribution is 5.85. The number of halogens is 3. The summed E-state index contributed by atoms with van der Waals surface area (Å²) in [6.07, 6.45) is -1.44. The average molecular weight is 307 g/mol. The molecule has 1 aliphatic carbocycles. The van der Waals surface area contributed by atoms with Crippen LogP contribution in [0.3, 0.4) is 0 Å². The maximum atomic E-state index is 14.8. The Balaban J connectivity index is 1.97. The zero-order chi connectivity index (χ0) is 15.8. The molecule has 0 aromatic rings. The molecule has 21 heavy (non-hydrogen) atoms. The highest BCUT2D eigenvalue weighted by atomic mass is 19.3. The summed E-state index contributed by atoms with van der Waals surface area (Å²) in [7, 11) is 0. The van der Waals surface area contributed by atoms with Crippen molar-refractivity contribution in [1.29, 1.82) is 0 Å². The van der Waals surface area contributed by atoms with Crippen LogP contribution in [0, 0.1) is 5.92 Å². The summed E-state index contributed by atoms with van der Waals surface area (Å²) in [4.78, 5) is 24.6. The lowest BCUT2D eigenvalue weighted by Gasteiger charge is -2.57. The van der Waals surface area contributed by atoms with Gasteiger partial charge in [-0.2, -0.15) is 0 Å². The van der Waals surface area contributed by atoms with Crippen molar-refractivity contribution in [3.63, 3.8) is 0 Å². The van der Waals surface area contributed by atoms with Gasteiger partial charge in [0, 0.05) is 13.0 Å². The van der Waals surface area contributed by atoms with Crippen LogP contribution in [0.15, 0.2) is 0 Å². The Kier molecular flexibility index (Phi) is 2.51. The fraction of sp³-hybridized carbons (Fsp3) is 0.846. The fourth-order valence-electron chi connectivity index (χ4n) is 3.64. The Morgan fingerprint density at radius 2 is 2.00 bits per heavy atom. The first-order chi connectivity index (χ1) is 9.47. The number of likely N-dealkylation sites (tertiary alicyclic amines) is 1. The van der Waals surface area contributed by atoms with Crippen molar-refractivity contribution < 1.29 is 32.2 Å². The van der Waals surface area contributed by atoms with Crippen molar-refractivity contribution in [2.75, 3.05) is 13.2 Å². The van der Waals surface area contributed by atoms with Crippen molar-refractivity contribution >= 4 is 12.1 Å². The molecule has 0 unspecified atom stereocenters. The lowest BCUT2D eigenvalue weighted by atomic mass is 9.55. The number of nitrogens with zero attached hydrogens (tertiary/aromatic N) is 1. The van der Waals surface area contributed by atoms with E-state index in [0.29, 0.717) is 0 Å². The molecule has 1 spiro atoms. The second-order valence-corrected chi connectivity index (χ2v) is 6.77. The van der Waals surface area contributed by atoms with Gasteiger partial charge in [-0.05, 0) is 20.8 Å². The van der Waals surface area contributed by atoms with Gasteiger partial charge in [0.15, 0.2) is 5.92 Å². The topological polar surface area (TPSA) is 55.8 Å². The normalized spacial score (nSPS) is 40.2. The Hall–Kier alpha value is -1.47. The minimum absolute atomic E-state index is 0.228. The summed E-state index contributed by atoms with van der Waals surface area (Å²) >= 11 is 0. The predicted molar refractivity (Wildman–Crippen MR) is 63.5 cm³/mol. The number of hydrogen-bond acceptors (Lipinski definition) is 4. The molecule has 0 N–H and O–H groups in total. The van der Waals surface area contributed by atoms with Crippen LogP contribution in [0.2, 0.25) is 0 Å². The van der Waals surface area contributed by atoms with Gasteiger partial charge in [0.1, 0.15) is 17.7 Å². The van der Waals surface area contributed by atoms with E-state index in [1.54, 1.807) is 20.8 Å². The number of amides is 1. The zero-order valence-corrected chi connectivity index (χ0v) is 11.9. The van der Waals surface area contributed by atoms with Crippen molar-refractivity contribution in [2.45, 2.75) is 49.9 Å². The molecule has 3 aliphatic rings. The van der Waals surface area contributed by atoms with Gasteiger partial charge in [-0.25, -0.2) is 18.0 Å². The largest absolute Gasteiger partial charge is 0.463 e. The van der Waals surface area contributed by atoms with Crippen LogP contribution in [0.5, 0.6) is 0 Å². The lowest BCUT2D eigenvalue weighted by molar-refractivity contribution is -0.295. The number of carbonyl (C=O) groups excluding carboxylic acids is 2. The molecule has 2 heterocycles. The molecule has 1 amide bonds. The Labute approximate surface area is 119 Å². The number of cyclic esters (lactones) is 1. The van der Waals surface area contributed by atoms with Gasteiger partial charge >= 0.3 is 12.1 Å². The van der Waals surface area contributed by atoms with Crippen LogP contribution in [0.25, 0.3) is 0 Å². The summed E-state index contributed by atoms with van der Waals surface area (Å²) in [6, 6.07) is 0. The molecule has 1 saturated carbocycles.